The Morgan fingerprint density at radius 1 is 1.67 bits per heavy atom. The van der Waals surface area contributed by atoms with Gasteiger partial charge in [-0.25, -0.2) is 4.57 Å². The summed E-state index contributed by atoms with van der Waals surface area (Å²) in [4.78, 5) is 8.96. The van der Waals surface area contributed by atoms with Crippen LogP contribution in [-0.4, -0.2) is 17.6 Å². The first-order chi connectivity index (χ1) is 5.64. The van der Waals surface area contributed by atoms with E-state index in [2.05, 4.69) is 11.4 Å². The minimum atomic E-state index is -3.68. The van der Waals surface area contributed by atoms with Crippen molar-refractivity contribution in [2.24, 2.45) is 0 Å². The molecular formula is C7H15O4P. The van der Waals surface area contributed by atoms with E-state index in [9.17, 15) is 4.57 Å². The van der Waals surface area contributed by atoms with Crippen LogP contribution in [-0.2, 0) is 13.6 Å². The third-order valence-corrected chi connectivity index (χ3v) is 2.93. The van der Waals surface area contributed by atoms with Crippen LogP contribution in [0, 0.1) is 0 Å². The van der Waals surface area contributed by atoms with E-state index in [-0.39, 0.29) is 6.10 Å². The average molecular weight is 194 g/mol. The van der Waals surface area contributed by atoms with Crippen molar-refractivity contribution in [2.45, 2.75) is 38.7 Å². The van der Waals surface area contributed by atoms with Gasteiger partial charge in [-0.15, -0.1) is 0 Å². The summed E-state index contributed by atoms with van der Waals surface area (Å²) in [6.07, 6.45) is 3.60. The molecule has 1 aliphatic heterocycles. The molecular weight excluding hydrogens is 179 g/mol. The van der Waals surface area contributed by atoms with Gasteiger partial charge in [0.2, 0.25) is 0 Å². The zero-order valence-electron chi connectivity index (χ0n) is 7.23. The van der Waals surface area contributed by atoms with Crippen molar-refractivity contribution in [2.75, 3.05) is 6.61 Å². The summed E-state index contributed by atoms with van der Waals surface area (Å²) in [7, 11) is -3.68. The molecule has 0 amide bonds. The number of hydrogen-bond acceptors (Lipinski definition) is 3. The third kappa shape index (κ3) is 3.23. The van der Waals surface area contributed by atoms with Crippen molar-refractivity contribution >= 4 is 7.82 Å². The van der Waals surface area contributed by atoms with Gasteiger partial charge in [0.05, 0.1) is 12.7 Å². The van der Waals surface area contributed by atoms with E-state index in [0.29, 0.717) is 6.61 Å². The molecule has 0 aromatic rings. The molecule has 1 rings (SSSR count). The van der Waals surface area contributed by atoms with Gasteiger partial charge in [-0.2, -0.15) is 0 Å². The molecule has 0 aliphatic carbocycles. The van der Waals surface area contributed by atoms with Crippen LogP contribution in [0.15, 0.2) is 0 Å². The molecule has 2 unspecified atom stereocenters. The van der Waals surface area contributed by atoms with Crippen molar-refractivity contribution in [1.82, 2.24) is 0 Å². The van der Waals surface area contributed by atoms with E-state index < -0.39 is 7.82 Å². The molecule has 0 aromatic heterocycles. The van der Waals surface area contributed by atoms with Gasteiger partial charge in [-0.1, -0.05) is 19.8 Å². The monoisotopic (exact) mass is 194 g/mol. The second-order valence-electron chi connectivity index (χ2n) is 2.96. The fourth-order valence-electron chi connectivity index (χ4n) is 1.20. The van der Waals surface area contributed by atoms with Gasteiger partial charge in [0, 0.05) is 0 Å². The van der Waals surface area contributed by atoms with Crippen LogP contribution in [0.1, 0.15) is 32.6 Å². The fraction of sp³-hybridized carbons (Fsp3) is 1.00. The Morgan fingerprint density at radius 2 is 2.42 bits per heavy atom. The number of phosphoric ester groups is 1. The molecule has 5 heteroatoms. The molecule has 0 radical (unpaired) electrons. The van der Waals surface area contributed by atoms with Gasteiger partial charge in [-0.3, -0.25) is 9.05 Å². The molecule has 0 aromatic carbocycles. The first-order valence-corrected chi connectivity index (χ1v) is 5.79. The van der Waals surface area contributed by atoms with Gasteiger partial charge in [0.1, 0.15) is 0 Å². The average Bonchev–Trinajstić information content (AvgIpc) is 1.99. The molecule has 2 atom stereocenters. The molecule has 1 N–H and O–H groups in total. The Morgan fingerprint density at radius 3 is 3.00 bits per heavy atom. The second-order valence-corrected chi connectivity index (χ2v) is 4.37. The maximum absolute atomic E-state index is 10.9. The Balaban J connectivity index is 2.31. The van der Waals surface area contributed by atoms with E-state index in [1.807, 2.05) is 0 Å². The molecule has 12 heavy (non-hydrogen) atoms. The SMILES string of the molecule is CCCCC1CCOP(=O)(O)O1. The Hall–Kier alpha value is 0.110. The maximum Gasteiger partial charge on any atom is 0.472 e. The summed E-state index contributed by atoms with van der Waals surface area (Å²) in [5.74, 6) is 0. The molecule has 1 fully saturated rings. The summed E-state index contributed by atoms with van der Waals surface area (Å²) in [6.45, 7) is 2.42. The van der Waals surface area contributed by atoms with E-state index in [0.717, 1.165) is 25.7 Å². The van der Waals surface area contributed by atoms with E-state index in [1.54, 1.807) is 0 Å². The summed E-state index contributed by atoms with van der Waals surface area (Å²) in [6, 6.07) is 0. The largest absolute Gasteiger partial charge is 0.472 e. The highest BCUT2D eigenvalue weighted by molar-refractivity contribution is 7.47. The van der Waals surface area contributed by atoms with Crippen LogP contribution in [0.5, 0.6) is 0 Å². The molecule has 4 nitrogen and oxygen atoms in total. The van der Waals surface area contributed by atoms with Crippen LogP contribution >= 0.6 is 7.82 Å². The van der Waals surface area contributed by atoms with Crippen molar-refractivity contribution < 1.29 is 18.5 Å². The van der Waals surface area contributed by atoms with Crippen LogP contribution in [0.4, 0.5) is 0 Å². The number of rotatable bonds is 3. The summed E-state index contributed by atoms with van der Waals surface area (Å²) >= 11 is 0. The maximum atomic E-state index is 10.9. The second kappa shape index (κ2) is 4.38. The highest BCUT2D eigenvalue weighted by Crippen LogP contribution is 2.48. The molecule has 1 heterocycles. The standard InChI is InChI=1S/C7H15O4P/c1-2-3-4-7-5-6-10-12(8,9)11-7/h7H,2-6H2,1H3,(H,8,9). The summed E-state index contributed by atoms with van der Waals surface area (Å²) in [5.41, 5.74) is 0. The number of phosphoric acid groups is 1. The van der Waals surface area contributed by atoms with Gasteiger partial charge < -0.3 is 4.89 Å². The fourth-order valence-corrected chi connectivity index (χ4v) is 2.18. The van der Waals surface area contributed by atoms with Gasteiger partial charge in [-0.05, 0) is 12.8 Å². The van der Waals surface area contributed by atoms with Crippen LogP contribution in [0.25, 0.3) is 0 Å². The summed E-state index contributed by atoms with van der Waals surface area (Å²) in [5, 5.41) is 0. The van der Waals surface area contributed by atoms with Crippen LogP contribution in [0.2, 0.25) is 0 Å². The molecule has 1 saturated heterocycles. The quantitative estimate of drug-likeness (QED) is 0.699. The van der Waals surface area contributed by atoms with E-state index in [4.69, 9.17) is 9.42 Å². The number of unbranched alkanes of at least 4 members (excludes halogenated alkanes) is 1. The predicted molar refractivity (Wildman–Crippen MR) is 44.8 cm³/mol. The number of hydrogen-bond donors (Lipinski definition) is 1. The van der Waals surface area contributed by atoms with Gasteiger partial charge in [0.25, 0.3) is 0 Å². The normalized spacial score (nSPS) is 36.7. The molecule has 0 saturated carbocycles. The van der Waals surface area contributed by atoms with Crippen molar-refractivity contribution in [3.63, 3.8) is 0 Å². The first kappa shape index (κ1) is 10.2. The van der Waals surface area contributed by atoms with Crippen molar-refractivity contribution in [1.29, 1.82) is 0 Å². The predicted octanol–water partition coefficient (Wildman–Crippen LogP) is 2.08. The third-order valence-electron chi connectivity index (χ3n) is 1.86. The van der Waals surface area contributed by atoms with Gasteiger partial charge in [0.15, 0.2) is 0 Å². The lowest BCUT2D eigenvalue weighted by Gasteiger charge is -2.25. The smallest absolute Gasteiger partial charge is 0.302 e. The van der Waals surface area contributed by atoms with Gasteiger partial charge >= 0.3 is 7.82 Å². The molecule has 1 aliphatic rings. The Labute approximate surface area is 72.5 Å². The first-order valence-electron chi connectivity index (χ1n) is 4.30. The molecule has 0 bridgehead atoms. The lowest BCUT2D eigenvalue weighted by atomic mass is 10.1. The van der Waals surface area contributed by atoms with Crippen LogP contribution in [0.3, 0.4) is 0 Å². The highest BCUT2D eigenvalue weighted by atomic mass is 31.2. The minimum Gasteiger partial charge on any atom is -0.302 e. The Kier molecular flexibility index (Phi) is 3.72. The van der Waals surface area contributed by atoms with Crippen molar-refractivity contribution in [3.8, 4) is 0 Å². The highest BCUT2D eigenvalue weighted by Gasteiger charge is 2.30. The Bertz CT molecular complexity index is 182. The lowest BCUT2D eigenvalue weighted by molar-refractivity contribution is 0.0423. The minimum absolute atomic E-state index is 0.0884. The van der Waals surface area contributed by atoms with E-state index in [1.165, 1.54) is 0 Å². The molecule has 72 valence electrons. The van der Waals surface area contributed by atoms with Crippen LogP contribution < -0.4 is 0 Å². The van der Waals surface area contributed by atoms with E-state index >= 15 is 0 Å². The summed E-state index contributed by atoms with van der Waals surface area (Å²) < 4.78 is 20.3. The lowest BCUT2D eigenvalue weighted by Crippen LogP contribution is -2.20. The topological polar surface area (TPSA) is 55.8 Å². The molecule has 0 spiro atoms. The zero-order valence-corrected chi connectivity index (χ0v) is 8.13. The zero-order chi connectivity index (χ0) is 9.03. The van der Waals surface area contributed by atoms with Crippen molar-refractivity contribution in [3.05, 3.63) is 0 Å².